The molecule has 0 spiro atoms. The van der Waals surface area contributed by atoms with Crippen LogP contribution in [-0.4, -0.2) is 51.4 Å². The summed E-state index contributed by atoms with van der Waals surface area (Å²) in [4.78, 5) is 55.7. The summed E-state index contributed by atoms with van der Waals surface area (Å²) in [7, 11) is 1.42. The maximum atomic E-state index is 12.8. The number of hydrogen-bond donors (Lipinski definition) is 6. The van der Waals surface area contributed by atoms with Crippen LogP contribution in [0.4, 0.5) is 0 Å². The quantitative estimate of drug-likeness (QED) is 0.0901. The molecule has 4 heterocycles. The summed E-state index contributed by atoms with van der Waals surface area (Å²) in [6.45, 7) is 16.3. The highest BCUT2D eigenvalue weighted by atomic mass is 32.1. The van der Waals surface area contributed by atoms with E-state index in [-0.39, 0.29) is 41.7 Å². The predicted molar refractivity (Wildman–Crippen MR) is 245 cm³/mol. The number of hydrogen-bond acceptors (Lipinski definition) is 10. The summed E-state index contributed by atoms with van der Waals surface area (Å²) < 4.78 is 4.82. The summed E-state index contributed by atoms with van der Waals surface area (Å²) in [5.74, 6) is -0.409. The van der Waals surface area contributed by atoms with Gasteiger partial charge >= 0.3 is 5.97 Å². The molecule has 0 aliphatic heterocycles. The SMILES string of the molecule is CCC(=C1CCC(O)CC1)c1scc(C(=O)NCc2c(C)cc(C)[nH]c2=O)c1C.CCC(=C1CCC(O)CC1)c1scc(C(=O)OC)c1C.Cc1cc(C)c(CN)c(=O)[nH]1. The van der Waals surface area contributed by atoms with Gasteiger partial charge in [0.05, 0.1) is 30.4 Å². The Hall–Kier alpha value is -4.40. The van der Waals surface area contributed by atoms with Crippen molar-refractivity contribution < 1.29 is 24.5 Å². The van der Waals surface area contributed by atoms with E-state index in [2.05, 4.69) is 29.1 Å². The van der Waals surface area contributed by atoms with Crippen LogP contribution in [-0.2, 0) is 17.8 Å². The second-order valence-corrected chi connectivity index (χ2v) is 17.6. The zero-order valence-electron chi connectivity index (χ0n) is 36.8. The zero-order chi connectivity index (χ0) is 44.3. The number of methoxy groups -OCH3 is 1. The molecule has 4 aromatic rings. The number of carbonyl (C=O) groups is 2. The van der Waals surface area contributed by atoms with Crippen LogP contribution in [0.5, 0.6) is 0 Å². The molecule has 0 unspecified atom stereocenters. The molecule has 0 saturated heterocycles. The van der Waals surface area contributed by atoms with Crippen LogP contribution in [0.3, 0.4) is 0 Å². The number of aryl methyl sites for hydroxylation is 4. The van der Waals surface area contributed by atoms with Crippen molar-refractivity contribution >= 4 is 45.7 Å². The van der Waals surface area contributed by atoms with E-state index >= 15 is 0 Å². The number of thiophene rings is 2. The second kappa shape index (κ2) is 22.4. The zero-order valence-corrected chi connectivity index (χ0v) is 38.4. The Bertz CT molecular complexity index is 2310. The molecule has 2 aliphatic rings. The van der Waals surface area contributed by atoms with Gasteiger partial charge in [-0.15, -0.1) is 22.7 Å². The number of esters is 1. The monoisotopic (exact) mass is 860 g/mol. The van der Waals surface area contributed by atoms with Gasteiger partial charge in [0.25, 0.3) is 17.0 Å². The van der Waals surface area contributed by atoms with Gasteiger partial charge in [0.1, 0.15) is 0 Å². The van der Waals surface area contributed by atoms with Crippen molar-refractivity contribution in [1.29, 1.82) is 0 Å². The number of nitrogens with two attached hydrogens (primary N) is 1. The Morgan fingerprint density at radius 2 is 1.15 bits per heavy atom. The summed E-state index contributed by atoms with van der Waals surface area (Å²) in [5.41, 5.74) is 18.9. The van der Waals surface area contributed by atoms with Crippen molar-refractivity contribution in [3.63, 3.8) is 0 Å². The van der Waals surface area contributed by atoms with Gasteiger partial charge in [0.15, 0.2) is 0 Å². The van der Waals surface area contributed by atoms with Gasteiger partial charge in [-0.2, -0.15) is 0 Å². The molecule has 1 amide bonds. The first kappa shape index (κ1) is 48.3. The van der Waals surface area contributed by atoms with Crippen molar-refractivity contribution in [2.45, 2.75) is 145 Å². The van der Waals surface area contributed by atoms with Crippen LogP contribution in [0.15, 0.2) is 43.6 Å². The molecule has 11 nitrogen and oxygen atoms in total. The maximum absolute atomic E-state index is 12.8. The molecule has 0 aromatic carbocycles. The molecule has 2 aliphatic carbocycles. The average Bonchev–Trinajstić information content (AvgIpc) is 3.78. The summed E-state index contributed by atoms with van der Waals surface area (Å²) >= 11 is 3.24. The molecule has 326 valence electrons. The van der Waals surface area contributed by atoms with Crippen LogP contribution in [0.1, 0.15) is 153 Å². The molecule has 0 bridgehead atoms. The first-order valence-corrected chi connectivity index (χ1v) is 22.7. The van der Waals surface area contributed by atoms with Crippen molar-refractivity contribution in [2.24, 2.45) is 5.73 Å². The lowest BCUT2D eigenvalue weighted by molar-refractivity contribution is 0.0600. The van der Waals surface area contributed by atoms with E-state index in [1.807, 2.05) is 64.4 Å². The van der Waals surface area contributed by atoms with Crippen molar-refractivity contribution in [2.75, 3.05) is 7.11 Å². The number of rotatable bonds is 9. The number of pyridine rings is 2. The minimum atomic E-state index is -0.260. The topological polar surface area (TPSA) is 188 Å². The second-order valence-electron chi connectivity index (χ2n) is 15.8. The number of allylic oxidation sites excluding steroid dienone is 4. The normalized spacial score (nSPS) is 16.3. The minimum Gasteiger partial charge on any atom is -0.465 e. The summed E-state index contributed by atoms with van der Waals surface area (Å²) in [6, 6.07) is 3.83. The number of aromatic amines is 2. The van der Waals surface area contributed by atoms with Crippen LogP contribution in [0.25, 0.3) is 11.1 Å². The molecule has 2 fully saturated rings. The Balaban J connectivity index is 0.000000220. The third kappa shape index (κ3) is 12.1. The minimum absolute atomic E-state index is 0.0648. The highest BCUT2D eigenvalue weighted by Crippen LogP contribution is 2.39. The first-order chi connectivity index (χ1) is 28.5. The third-order valence-electron chi connectivity index (χ3n) is 11.6. The lowest BCUT2D eigenvalue weighted by atomic mass is 9.87. The van der Waals surface area contributed by atoms with Crippen LogP contribution in [0, 0.1) is 41.5 Å². The van der Waals surface area contributed by atoms with Crippen LogP contribution in [0.2, 0.25) is 0 Å². The number of aliphatic hydroxyl groups is 2. The molecule has 2 saturated carbocycles. The van der Waals surface area contributed by atoms with Gasteiger partial charge in [-0.3, -0.25) is 14.4 Å². The standard InChI is InChI=1S/C23H30N2O3S.C16H22O3S.C8H12N2O/c1-5-18(16-6-8-17(26)9-7-16)21-15(4)20(12-29-21)22(27)24-11-19-13(2)10-14(3)25-23(19)28;1-4-13(11-5-7-12(17)8-6-11)15-10(2)14(9-20-15)16(18)19-3;1-5-3-6(2)10-8(11)7(5)4-9/h10,12,17,26H,5-9,11H2,1-4H3,(H,24,27)(H,25,28);9,12,17H,4-8H2,1-3H3;3H,4,9H2,1-2H3,(H,10,11). The number of amides is 1. The fourth-order valence-corrected chi connectivity index (χ4v) is 10.6. The fourth-order valence-electron chi connectivity index (χ4n) is 8.11. The average molecular weight is 861 g/mol. The first-order valence-electron chi connectivity index (χ1n) is 20.9. The van der Waals surface area contributed by atoms with Gasteiger partial charge in [-0.1, -0.05) is 25.0 Å². The number of aliphatic hydroxyl groups excluding tert-OH is 2. The lowest BCUT2D eigenvalue weighted by Gasteiger charge is -2.22. The molecular weight excluding hydrogens is 797 g/mol. The largest absolute Gasteiger partial charge is 0.465 e. The Kier molecular flexibility index (Phi) is 18.1. The highest BCUT2D eigenvalue weighted by Gasteiger charge is 2.23. The van der Waals surface area contributed by atoms with E-state index in [0.717, 1.165) is 97.8 Å². The number of ether oxygens (including phenoxy) is 1. The summed E-state index contributed by atoms with van der Waals surface area (Å²) in [5, 5.41) is 26.1. The molecule has 60 heavy (non-hydrogen) atoms. The maximum Gasteiger partial charge on any atom is 0.338 e. The molecule has 6 rings (SSSR count). The number of H-pyrrole nitrogens is 2. The number of carbonyl (C=O) groups excluding carboxylic acids is 2. The van der Waals surface area contributed by atoms with Crippen LogP contribution < -0.4 is 22.2 Å². The Morgan fingerprint density at radius 1 is 0.733 bits per heavy atom. The van der Waals surface area contributed by atoms with Crippen molar-refractivity contribution in [1.82, 2.24) is 15.3 Å². The van der Waals surface area contributed by atoms with Gasteiger partial charge < -0.3 is 36.0 Å². The lowest BCUT2D eigenvalue weighted by Crippen LogP contribution is -2.28. The van der Waals surface area contributed by atoms with E-state index in [4.69, 9.17) is 10.5 Å². The van der Waals surface area contributed by atoms with E-state index in [9.17, 15) is 29.4 Å². The Morgan fingerprint density at radius 3 is 1.55 bits per heavy atom. The van der Waals surface area contributed by atoms with E-state index in [1.165, 1.54) is 39.2 Å². The number of aromatic nitrogens is 2. The molecule has 0 radical (unpaired) electrons. The molecular formula is C47H64N4O7S2. The fraction of sp³-hybridized carbons (Fsp3) is 0.489. The molecule has 4 aromatic heterocycles. The van der Waals surface area contributed by atoms with Gasteiger partial charge in [-0.25, -0.2) is 4.79 Å². The molecule has 0 atom stereocenters. The molecule has 7 N–H and O–H groups in total. The van der Waals surface area contributed by atoms with Gasteiger partial charge in [0.2, 0.25) is 0 Å². The Labute approximate surface area is 362 Å². The smallest absolute Gasteiger partial charge is 0.338 e. The van der Waals surface area contributed by atoms with Gasteiger partial charge in [0, 0.05) is 56.1 Å². The van der Waals surface area contributed by atoms with Crippen molar-refractivity contribution in [3.05, 3.63) is 120 Å². The third-order valence-corrected chi connectivity index (χ3v) is 13.9. The van der Waals surface area contributed by atoms with E-state index < -0.39 is 0 Å². The summed E-state index contributed by atoms with van der Waals surface area (Å²) in [6.07, 6.45) is 8.70. The van der Waals surface area contributed by atoms with E-state index in [0.29, 0.717) is 28.8 Å². The molecule has 13 heteroatoms. The van der Waals surface area contributed by atoms with Crippen LogP contribution >= 0.6 is 22.7 Å². The highest BCUT2D eigenvalue weighted by molar-refractivity contribution is 7.12. The van der Waals surface area contributed by atoms with Crippen molar-refractivity contribution in [3.8, 4) is 0 Å². The van der Waals surface area contributed by atoms with E-state index in [1.54, 1.807) is 22.7 Å². The number of nitrogens with one attached hydrogen (secondary N) is 3. The predicted octanol–water partition coefficient (Wildman–Crippen LogP) is 8.78. The van der Waals surface area contributed by atoms with Gasteiger partial charge in [-0.05, 0) is 151 Å².